The van der Waals surface area contributed by atoms with Crippen molar-refractivity contribution >= 4 is 11.8 Å². The molecule has 1 N–H and O–H groups in total. The topological polar surface area (TPSA) is 66.9 Å². The quantitative estimate of drug-likeness (QED) is 0.782. The van der Waals surface area contributed by atoms with E-state index in [2.05, 4.69) is 0 Å². The Morgan fingerprint density at radius 1 is 1.28 bits per heavy atom. The number of aliphatic carboxylic acids is 1. The third-order valence-electron chi connectivity index (χ3n) is 4.92. The van der Waals surface area contributed by atoms with E-state index in [4.69, 9.17) is 9.84 Å². The monoisotopic (exact) mass is 252 g/mol. The van der Waals surface area contributed by atoms with Crippen molar-refractivity contribution in [3.05, 3.63) is 0 Å². The molecule has 0 aromatic heterocycles. The molecule has 100 valence electrons. The molecule has 3 unspecified atom stereocenters. The van der Waals surface area contributed by atoms with Gasteiger partial charge in [-0.05, 0) is 44.4 Å². The lowest BCUT2D eigenvalue weighted by atomic mass is 9.74. The number of fused-ring (bicyclic) bond motifs is 1. The molecule has 2 aliphatic carbocycles. The molecule has 1 heterocycles. The fraction of sp³-hybridized carbons (Fsp3) is 0.857. The standard InChI is InChI=1S/C14H20O4/c15-11-4-1-9(2-5-11)7-14-8-10(13(16)17)3-6-12(14)18-14/h9-10,12H,1-8H2,(H,16,17). The summed E-state index contributed by atoms with van der Waals surface area (Å²) in [6.07, 6.45) is 6.93. The molecule has 0 spiro atoms. The number of carbonyl (C=O) groups is 2. The van der Waals surface area contributed by atoms with Crippen molar-refractivity contribution in [2.75, 3.05) is 0 Å². The van der Waals surface area contributed by atoms with Gasteiger partial charge in [-0.15, -0.1) is 0 Å². The lowest BCUT2D eigenvalue weighted by molar-refractivity contribution is -0.143. The lowest BCUT2D eigenvalue weighted by Gasteiger charge is -2.28. The summed E-state index contributed by atoms with van der Waals surface area (Å²) in [5.41, 5.74) is -0.146. The highest BCUT2D eigenvalue weighted by Crippen LogP contribution is 2.54. The Hall–Kier alpha value is -0.900. The SMILES string of the molecule is O=C1CCC(CC23CC(C(=O)O)CCC2O3)CC1. The van der Waals surface area contributed by atoms with Crippen LogP contribution in [-0.4, -0.2) is 28.6 Å². The number of hydrogen-bond donors (Lipinski definition) is 1. The van der Waals surface area contributed by atoms with Gasteiger partial charge < -0.3 is 9.84 Å². The van der Waals surface area contributed by atoms with Gasteiger partial charge in [0.05, 0.1) is 17.6 Å². The van der Waals surface area contributed by atoms with Crippen molar-refractivity contribution in [2.24, 2.45) is 11.8 Å². The first-order valence-corrected chi connectivity index (χ1v) is 7.01. The summed E-state index contributed by atoms with van der Waals surface area (Å²) in [6.45, 7) is 0. The molecule has 0 aromatic rings. The average Bonchev–Trinajstić information content (AvgIpc) is 3.05. The molecule has 0 bridgehead atoms. The van der Waals surface area contributed by atoms with E-state index in [0.29, 0.717) is 37.1 Å². The number of ketones is 1. The maximum absolute atomic E-state index is 11.2. The fourth-order valence-corrected chi connectivity index (χ4v) is 3.79. The van der Waals surface area contributed by atoms with Crippen molar-refractivity contribution in [3.8, 4) is 0 Å². The largest absolute Gasteiger partial charge is 0.481 e. The van der Waals surface area contributed by atoms with Gasteiger partial charge in [0.25, 0.3) is 0 Å². The molecule has 3 aliphatic rings. The molecule has 3 atom stereocenters. The van der Waals surface area contributed by atoms with Crippen molar-refractivity contribution in [2.45, 2.75) is 63.1 Å². The molecule has 18 heavy (non-hydrogen) atoms. The van der Waals surface area contributed by atoms with Crippen LogP contribution in [0.5, 0.6) is 0 Å². The molecule has 1 saturated heterocycles. The van der Waals surface area contributed by atoms with Gasteiger partial charge in [-0.1, -0.05) is 0 Å². The normalized spacial score (nSPS) is 40.3. The van der Waals surface area contributed by atoms with Crippen LogP contribution in [-0.2, 0) is 14.3 Å². The number of carboxylic acid groups (broad SMARTS) is 1. The fourth-order valence-electron chi connectivity index (χ4n) is 3.79. The van der Waals surface area contributed by atoms with E-state index in [1.807, 2.05) is 0 Å². The van der Waals surface area contributed by atoms with Crippen LogP contribution in [0.4, 0.5) is 0 Å². The van der Waals surface area contributed by atoms with E-state index in [-0.39, 0.29) is 11.5 Å². The zero-order chi connectivity index (χ0) is 12.8. The number of epoxide rings is 1. The Morgan fingerprint density at radius 3 is 2.67 bits per heavy atom. The first-order chi connectivity index (χ1) is 8.59. The van der Waals surface area contributed by atoms with Gasteiger partial charge in [0, 0.05) is 12.8 Å². The van der Waals surface area contributed by atoms with Gasteiger partial charge in [-0.3, -0.25) is 9.59 Å². The summed E-state index contributed by atoms with van der Waals surface area (Å²) < 4.78 is 5.83. The molecular weight excluding hydrogens is 232 g/mol. The number of Topliss-reactive ketones (excluding diaryl/α,β-unsaturated/α-hetero) is 1. The Morgan fingerprint density at radius 2 is 2.00 bits per heavy atom. The zero-order valence-electron chi connectivity index (χ0n) is 10.6. The summed E-state index contributed by atoms with van der Waals surface area (Å²) in [5, 5.41) is 9.13. The molecule has 0 aromatic carbocycles. The Bertz CT molecular complexity index is 368. The predicted molar refractivity (Wildman–Crippen MR) is 64.2 cm³/mol. The van der Waals surface area contributed by atoms with Crippen LogP contribution in [0.1, 0.15) is 51.4 Å². The minimum absolute atomic E-state index is 0.146. The minimum Gasteiger partial charge on any atom is -0.481 e. The van der Waals surface area contributed by atoms with Gasteiger partial charge in [-0.25, -0.2) is 0 Å². The van der Waals surface area contributed by atoms with Crippen LogP contribution < -0.4 is 0 Å². The Kier molecular flexibility index (Phi) is 2.93. The molecule has 4 nitrogen and oxygen atoms in total. The van der Waals surface area contributed by atoms with Crippen LogP contribution in [0.2, 0.25) is 0 Å². The number of carboxylic acids is 1. The molecule has 3 fully saturated rings. The maximum atomic E-state index is 11.2. The molecule has 4 heteroatoms. The second-order valence-corrected chi connectivity index (χ2v) is 6.17. The van der Waals surface area contributed by atoms with Crippen LogP contribution in [0.3, 0.4) is 0 Å². The number of rotatable bonds is 3. The van der Waals surface area contributed by atoms with Gasteiger partial charge in [0.15, 0.2) is 0 Å². The first kappa shape index (κ1) is 12.2. The van der Waals surface area contributed by atoms with Crippen LogP contribution >= 0.6 is 0 Å². The molecular formula is C14H20O4. The van der Waals surface area contributed by atoms with Crippen molar-refractivity contribution in [1.29, 1.82) is 0 Å². The maximum Gasteiger partial charge on any atom is 0.306 e. The van der Waals surface area contributed by atoms with E-state index >= 15 is 0 Å². The third kappa shape index (κ3) is 2.18. The molecule has 1 aliphatic heterocycles. The van der Waals surface area contributed by atoms with Crippen molar-refractivity contribution < 1.29 is 19.4 Å². The smallest absolute Gasteiger partial charge is 0.306 e. The van der Waals surface area contributed by atoms with Gasteiger partial charge in [0.2, 0.25) is 0 Å². The molecule has 2 saturated carbocycles. The summed E-state index contributed by atoms with van der Waals surface area (Å²) in [5.74, 6) is 0.0282. The highest BCUT2D eigenvalue weighted by Gasteiger charge is 2.60. The molecule has 0 amide bonds. The van der Waals surface area contributed by atoms with Crippen molar-refractivity contribution in [1.82, 2.24) is 0 Å². The van der Waals surface area contributed by atoms with Crippen LogP contribution in [0, 0.1) is 11.8 Å². The van der Waals surface area contributed by atoms with E-state index in [0.717, 1.165) is 32.1 Å². The first-order valence-electron chi connectivity index (χ1n) is 7.01. The van der Waals surface area contributed by atoms with E-state index < -0.39 is 5.97 Å². The number of carbonyl (C=O) groups excluding carboxylic acids is 1. The number of ether oxygens (including phenoxy) is 1. The number of hydrogen-bond acceptors (Lipinski definition) is 3. The molecule has 0 radical (unpaired) electrons. The predicted octanol–water partition coefficient (Wildman–Crippen LogP) is 2.16. The third-order valence-corrected chi connectivity index (χ3v) is 4.92. The van der Waals surface area contributed by atoms with Gasteiger partial charge >= 0.3 is 5.97 Å². The summed E-state index contributed by atoms with van der Waals surface area (Å²) >= 11 is 0. The Balaban J connectivity index is 1.59. The van der Waals surface area contributed by atoms with Crippen molar-refractivity contribution in [3.63, 3.8) is 0 Å². The Labute approximate surface area is 107 Å². The average molecular weight is 252 g/mol. The van der Waals surface area contributed by atoms with Gasteiger partial charge in [0.1, 0.15) is 5.78 Å². The second-order valence-electron chi connectivity index (χ2n) is 6.17. The zero-order valence-corrected chi connectivity index (χ0v) is 10.6. The second kappa shape index (κ2) is 4.34. The summed E-state index contributed by atoms with van der Waals surface area (Å²) in [4.78, 5) is 22.3. The van der Waals surface area contributed by atoms with E-state index in [9.17, 15) is 9.59 Å². The summed E-state index contributed by atoms with van der Waals surface area (Å²) in [6, 6.07) is 0. The van der Waals surface area contributed by atoms with Gasteiger partial charge in [-0.2, -0.15) is 0 Å². The molecule has 3 rings (SSSR count). The highest BCUT2D eigenvalue weighted by atomic mass is 16.6. The van der Waals surface area contributed by atoms with Crippen LogP contribution in [0.15, 0.2) is 0 Å². The van der Waals surface area contributed by atoms with Crippen LogP contribution in [0.25, 0.3) is 0 Å². The highest BCUT2D eigenvalue weighted by molar-refractivity contribution is 5.79. The lowest BCUT2D eigenvalue weighted by Crippen LogP contribution is -2.32. The van der Waals surface area contributed by atoms with E-state index in [1.165, 1.54) is 0 Å². The minimum atomic E-state index is -0.679. The summed E-state index contributed by atoms with van der Waals surface area (Å²) in [7, 11) is 0. The van der Waals surface area contributed by atoms with E-state index in [1.54, 1.807) is 0 Å².